The largest absolute Gasteiger partial charge is 0.370 e. The van der Waals surface area contributed by atoms with Gasteiger partial charge in [0.05, 0.1) is 0 Å². The first kappa shape index (κ1) is 10.6. The van der Waals surface area contributed by atoms with Crippen molar-refractivity contribution in [1.82, 2.24) is 0 Å². The molecule has 76 valence electrons. The zero-order chi connectivity index (χ0) is 10.1. The molecule has 0 aliphatic heterocycles. The highest BCUT2D eigenvalue weighted by Gasteiger charge is 2.46. The van der Waals surface area contributed by atoms with Gasteiger partial charge >= 0.3 is 0 Å². The van der Waals surface area contributed by atoms with Gasteiger partial charge in [-0.3, -0.25) is 4.79 Å². The molecule has 0 radical (unpaired) electrons. The number of rotatable bonds is 2. The number of methoxy groups -OCH3 is 1. The number of ketones is 1. The third-order valence-corrected chi connectivity index (χ3v) is 2.82. The molecule has 0 bridgehead atoms. The minimum absolute atomic E-state index is 0.131. The molecule has 0 spiro atoms. The SMILES string of the molecule is COC1(C(C)=O)CCC(F)(F)CC1. The molecule has 13 heavy (non-hydrogen) atoms. The second-order valence-electron chi connectivity index (χ2n) is 3.61. The Balaban J connectivity index is 2.69. The van der Waals surface area contributed by atoms with E-state index in [1.165, 1.54) is 14.0 Å². The minimum atomic E-state index is -2.61. The van der Waals surface area contributed by atoms with Crippen LogP contribution in [0.15, 0.2) is 0 Å². The van der Waals surface area contributed by atoms with Crippen molar-refractivity contribution in [2.45, 2.75) is 44.1 Å². The molecule has 0 unspecified atom stereocenters. The van der Waals surface area contributed by atoms with Crippen molar-refractivity contribution >= 4 is 5.78 Å². The zero-order valence-electron chi connectivity index (χ0n) is 7.90. The fraction of sp³-hybridized carbons (Fsp3) is 0.889. The van der Waals surface area contributed by atoms with E-state index in [1.807, 2.05) is 0 Å². The van der Waals surface area contributed by atoms with Crippen LogP contribution in [0, 0.1) is 0 Å². The van der Waals surface area contributed by atoms with Gasteiger partial charge in [-0.1, -0.05) is 0 Å². The number of Topliss-reactive ketones (excluding diaryl/α,β-unsaturated/α-hetero) is 1. The summed E-state index contributed by atoms with van der Waals surface area (Å²) < 4.78 is 30.6. The Labute approximate surface area is 76.3 Å². The van der Waals surface area contributed by atoms with Crippen LogP contribution in [-0.2, 0) is 9.53 Å². The smallest absolute Gasteiger partial charge is 0.248 e. The fourth-order valence-corrected chi connectivity index (χ4v) is 1.72. The Morgan fingerprint density at radius 2 is 1.69 bits per heavy atom. The molecular weight excluding hydrogens is 178 g/mol. The van der Waals surface area contributed by atoms with Gasteiger partial charge in [-0.15, -0.1) is 0 Å². The lowest BCUT2D eigenvalue weighted by Crippen LogP contribution is -2.45. The molecule has 0 atom stereocenters. The standard InChI is InChI=1S/C9H14F2O2/c1-7(12)8(13-2)3-5-9(10,11)6-4-8/h3-6H2,1-2H3. The maximum atomic E-state index is 12.8. The van der Waals surface area contributed by atoms with Gasteiger partial charge in [-0.25, -0.2) is 8.78 Å². The normalized spacial score (nSPS) is 25.5. The summed E-state index contributed by atoms with van der Waals surface area (Å²) in [5.74, 6) is -2.76. The van der Waals surface area contributed by atoms with Crippen molar-refractivity contribution in [3.8, 4) is 0 Å². The lowest BCUT2D eigenvalue weighted by molar-refractivity contribution is -0.154. The van der Waals surface area contributed by atoms with Gasteiger partial charge in [-0.2, -0.15) is 0 Å². The summed E-state index contributed by atoms with van der Waals surface area (Å²) in [7, 11) is 1.41. The van der Waals surface area contributed by atoms with Crippen LogP contribution in [-0.4, -0.2) is 24.4 Å². The summed E-state index contributed by atoms with van der Waals surface area (Å²) >= 11 is 0. The van der Waals surface area contributed by atoms with Crippen LogP contribution in [0.4, 0.5) is 8.78 Å². The number of halogens is 2. The highest BCUT2D eigenvalue weighted by Crippen LogP contribution is 2.40. The van der Waals surface area contributed by atoms with Crippen LogP contribution in [0.3, 0.4) is 0 Å². The van der Waals surface area contributed by atoms with E-state index in [2.05, 4.69) is 0 Å². The monoisotopic (exact) mass is 192 g/mol. The molecule has 0 heterocycles. The summed E-state index contributed by atoms with van der Waals surface area (Å²) in [6.07, 6.45) is -0.238. The predicted octanol–water partition coefficient (Wildman–Crippen LogP) is 2.17. The summed E-state index contributed by atoms with van der Waals surface area (Å²) in [5, 5.41) is 0. The number of hydrogen-bond donors (Lipinski definition) is 0. The van der Waals surface area contributed by atoms with Crippen LogP contribution in [0.2, 0.25) is 0 Å². The minimum Gasteiger partial charge on any atom is -0.370 e. The third-order valence-electron chi connectivity index (χ3n) is 2.82. The quantitative estimate of drug-likeness (QED) is 0.670. The van der Waals surface area contributed by atoms with Crippen molar-refractivity contribution < 1.29 is 18.3 Å². The van der Waals surface area contributed by atoms with Crippen LogP contribution in [0.25, 0.3) is 0 Å². The van der Waals surface area contributed by atoms with Crippen LogP contribution >= 0.6 is 0 Å². The van der Waals surface area contributed by atoms with E-state index < -0.39 is 11.5 Å². The van der Waals surface area contributed by atoms with Gasteiger partial charge in [0.1, 0.15) is 5.60 Å². The van der Waals surface area contributed by atoms with Gasteiger partial charge in [0.25, 0.3) is 0 Å². The van der Waals surface area contributed by atoms with E-state index in [4.69, 9.17) is 4.74 Å². The van der Waals surface area contributed by atoms with Gasteiger partial charge in [0.2, 0.25) is 5.92 Å². The molecule has 1 saturated carbocycles. The van der Waals surface area contributed by atoms with E-state index in [0.29, 0.717) is 0 Å². The molecule has 1 aliphatic rings. The van der Waals surface area contributed by atoms with Gasteiger partial charge < -0.3 is 4.74 Å². The number of carbonyl (C=O) groups excluding carboxylic acids is 1. The first-order valence-corrected chi connectivity index (χ1v) is 4.36. The van der Waals surface area contributed by atoms with Crippen molar-refractivity contribution in [3.05, 3.63) is 0 Å². The molecule has 1 rings (SSSR count). The number of carbonyl (C=O) groups is 1. The average Bonchev–Trinajstić information content (AvgIpc) is 2.05. The molecule has 1 fully saturated rings. The van der Waals surface area contributed by atoms with E-state index in [1.54, 1.807) is 0 Å². The number of alkyl halides is 2. The van der Waals surface area contributed by atoms with Crippen LogP contribution in [0.5, 0.6) is 0 Å². The van der Waals surface area contributed by atoms with Gasteiger partial charge in [-0.05, 0) is 19.8 Å². The fourth-order valence-electron chi connectivity index (χ4n) is 1.72. The second-order valence-corrected chi connectivity index (χ2v) is 3.61. The molecule has 0 aromatic carbocycles. The van der Waals surface area contributed by atoms with Crippen molar-refractivity contribution in [2.75, 3.05) is 7.11 Å². The van der Waals surface area contributed by atoms with Crippen LogP contribution in [0.1, 0.15) is 32.6 Å². The Bertz CT molecular complexity index is 204. The van der Waals surface area contributed by atoms with Crippen LogP contribution < -0.4 is 0 Å². The summed E-state index contributed by atoms with van der Waals surface area (Å²) in [5.41, 5.74) is -0.943. The molecule has 2 nitrogen and oxygen atoms in total. The molecule has 1 aliphatic carbocycles. The van der Waals surface area contributed by atoms with E-state index in [-0.39, 0.29) is 31.5 Å². The number of ether oxygens (including phenoxy) is 1. The van der Waals surface area contributed by atoms with E-state index in [0.717, 1.165) is 0 Å². The predicted molar refractivity (Wildman–Crippen MR) is 43.8 cm³/mol. The molecule has 0 N–H and O–H groups in total. The Kier molecular flexibility index (Phi) is 2.71. The lowest BCUT2D eigenvalue weighted by atomic mass is 9.80. The Morgan fingerprint density at radius 3 is 2.00 bits per heavy atom. The van der Waals surface area contributed by atoms with Gasteiger partial charge in [0, 0.05) is 20.0 Å². The molecular formula is C9H14F2O2. The third kappa shape index (κ3) is 2.05. The summed E-state index contributed by atoms with van der Waals surface area (Å²) in [6, 6.07) is 0. The maximum Gasteiger partial charge on any atom is 0.248 e. The summed E-state index contributed by atoms with van der Waals surface area (Å²) in [6.45, 7) is 1.40. The van der Waals surface area contributed by atoms with E-state index in [9.17, 15) is 13.6 Å². The second kappa shape index (κ2) is 3.33. The molecule has 0 aromatic heterocycles. The highest BCUT2D eigenvalue weighted by molar-refractivity contribution is 5.85. The van der Waals surface area contributed by atoms with Crippen molar-refractivity contribution in [2.24, 2.45) is 0 Å². The highest BCUT2D eigenvalue weighted by atomic mass is 19.3. The lowest BCUT2D eigenvalue weighted by Gasteiger charge is -2.36. The van der Waals surface area contributed by atoms with E-state index >= 15 is 0 Å². The first-order valence-electron chi connectivity index (χ1n) is 4.36. The van der Waals surface area contributed by atoms with Gasteiger partial charge in [0.15, 0.2) is 5.78 Å². The molecule has 0 aromatic rings. The average molecular weight is 192 g/mol. The maximum absolute atomic E-state index is 12.8. The zero-order valence-corrected chi connectivity index (χ0v) is 7.90. The molecule has 4 heteroatoms. The summed E-state index contributed by atoms with van der Waals surface area (Å²) in [4.78, 5) is 11.2. The Morgan fingerprint density at radius 1 is 1.23 bits per heavy atom. The van der Waals surface area contributed by atoms with Crippen molar-refractivity contribution in [3.63, 3.8) is 0 Å². The number of hydrogen-bond acceptors (Lipinski definition) is 2. The Hall–Kier alpha value is -0.510. The molecule has 0 saturated heterocycles. The topological polar surface area (TPSA) is 26.3 Å². The molecule has 0 amide bonds. The van der Waals surface area contributed by atoms with Crippen molar-refractivity contribution in [1.29, 1.82) is 0 Å². The first-order chi connectivity index (χ1) is 5.92.